The molecule has 7 heteroatoms. The Morgan fingerprint density at radius 2 is 2.19 bits per heavy atom. The van der Waals surface area contributed by atoms with Crippen LogP contribution < -0.4 is 4.90 Å². The number of hydrogen-bond acceptors (Lipinski definition) is 4. The molecule has 86 valence electrons. The highest BCUT2D eigenvalue weighted by atomic mass is 79.9. The number of nitro benzene ring substituents is 1. The molecule has 0 amide bonds. The van der Waals surface area contributed by atoms with E-state index in [0.717, 1.165) is 6.07 Å². The highest BCUT2D eigenvalue weighted by Gasteiger charge is 2.30. The average Bonchev–Trinajstić information content (AvgIpc) is 2.16. The third kappa shape index (κ3) is 1.88. The maximum absolute atomic E-state index is 13.2. The maximum atomic E-state index is 13.2. The number of halogens is 2. The molecule has 0 radical (unpaired) electrons. The molecule has 0 aromatic heterocycles. The second kappa shape index (κ2) is 3.99. The molecule has 1 N–H and O–H groups in total. The van der Waals surface area contributed by atoms with Crippen LogP contribution in [0.25, 0.3) is 0 Å². The molecule has 1 saturated heterocycles. The monoisotopic (exact) mass is 290 g/mol. The summed E-state index contributed by atoms with van der Waals surface area (Å²) in [5, 5.41) is 19.9. The molecule has 0 aliphatic carbocycles. The zero-order chi connectivity index (χ0) is 11.9. The molecular formula is C9H8BrFN2O3. The van der Waals surface area contributed by atoms with Crippen LogP contribution in [-0.4, -0.2) is 29.2 Å². The maximum Gasteiger partial charge on any atom is 0.295 e. The Labute approximate surface area is 98.8 Å². The molecule has 2 rings (SSSR count). The van der Waals surface area contributed by atoms with E-state index in [4.69, 9.17) is 5.11 Å². The van der Waals surface area contributed by atoms with Gasteiger partial charge in [0.25, 0.3) is 5.69 Å². The molecule has 0 atom stereocenters. The molecule has 16 heavy (non-hydrogen) atoms. The normalized spacial score (nSPS) is 16.1. The largest absolute Gasteiger partial charge is 0.389 e. The smallest absolute Gasteiger partial charge is 0.295 e. The number of nitro groups is 1. The minimum Gasteiger partial charge on any atom is -0.389 e. The van der Waals surface area contributed by atoms with Gasteiger partial charge in [-0.2, -0.15) is 0 Å². The van der Waals surface area contributed by atoms with Crippen molar-refractivity contribution in [1.82, 2.24) is 0 Å². The first-order valence-corrected chi connectivity index (χ1v) is 5.35. The van der Waals surface area contributed by atoms with E-state index in [1.165, 1.54) is 6.07 Å². The lowest BCUT2D eigenvalue weighted by atomic mass is 10.1. The highest BCUT2D eigenvalue weighted by Crippen LogP contribution is 2.35. The Morgan fingerprint density at radius 3 is 2.69 bits per heavy atom. The van der Waals surface area contributed by atoms with Crippen LogP contribution in [0.4, 0.5) is 15.8 Å². The van der Waals surface area contributed by atoms with Gasteiger partial charge < -0.3 is 10.0 Å². The molecule has 0 unspecified atom stereocenters. The van der Waals surface area contributed by atoms with Crippen molar-refractivity contribution in [2.75, 3.05) is 18.0 Å². The Balaban J connectivity index is 2.42. The number of anilines is 1. The third-order valence-electron chi connectivity index (χ3n) is 2.42. The van der Waals surface area contributed by atoms with E-state index in [1.54, 1.807) is 4.90 Å². The van der Waals surface area contributed by atoms with Gasteiger partial charge in [-0.05, 0) is 22.0 Å². The van der Waals surface area contributed by atoms with Gasteiger partial charge in [0.2, 0.25) is 0 Å². The molecule has 1 aromatic rings. The van der Waals surface area contributed by atoms with Crippen LogP contribution in [0.2, 0.25) is 0 Å². The van der Waals surface area contributed by atoms with Gasteiger partial charge in [-0.3, -0.25) is 10.1 Å². The summed E-state index contributed by atoms with van der Waals surface area (Å²) in [5.74, 6) is -0.670. The Bertz CT molecular complexity index is 449. The van der Waals surface area contributed by atoms with Crippen LogP contribution in [0.1, 0.15) is 0 Å². The fourth-order valence-electron chi connectivity index (χ4n) is 1.58. The van der Waals surface area contributed by atoms with Crippen molar-refractivity contribution in [3.63, 3.8) is 0 Å². The molecule has 0 saturated carbocycles. The molecule has 1 aliphatic heterocycles. The van der Waals surface area contributed by atoms with E-state index in [0.29, 0.717) is 18.8 Å². The fraction of sp³-hybridized carbons (Fsp3) is 0.333. The summed E-state index contributed by atoms with van der Waals surface area (Å²) in [6.45, 7) is 0.665. The van der Waals surface area contributed by atoms with E-state index < -0.39 is 16.8 Å². The first-order valence-electron chi connectivity index (χ1n) is 4.55. The third-order valence-corrected chi connectivity index (χ3v) is 3.02. The lowest BCUT2D eigenvalue weighted by Crippen LogP contribution is -2.51. The number of hydrogen-bond donors (Lipinski definition) is 1. The molecular weight excluding hydrogens is 283 g/mol. The van der Waals surface area contributed by atoms with Crippen LogP contribution in [0, 0.1) is 15.9 Å². The molecule has 1 fully saturated rings. The minimum atomic E-state index is -0.670. The number of rotatable bonds is 2. The SMILES string of the molecule is O=[N+]([O-])c1cc(F)c(Br)cc1N1CC(O)C1. The molecule has 1 aliphatic rings. The van der Waals surface area contributed by atoms with Gasteiger partial charge in [0, 0.05) is 13.1 Å². The predicted octanol–water partition coefficient (Wildman–Crippen LogP) is 1.68. The molecule has 5 nitrogen and oxygen atoms in total. The van der Waals surface area contributed by atoms with Crippen LogP contribution in [-0.2, 0) is 0 Å². The Kier molecular flexibility index (Phi) is 2.81. The van der Waals surface area contributed by atoms with Crippen molar-refractivity contribution < 1.29 is 14.4 Å². The number of aliphatic hydroxyl groups is 1. The van der Waals surface area contributed by atoms with E-state index >= 15 is 0 Å². The van der Waals surface area contributed by atoms with Gasteiger partial charge in [-0.15, -0.1) is 0 Å². The lowest BCUT2D eigenvalue weighted by molar-refractivity contribution is -0.384. The van der Waals surface area contributed by atoms with Crippen LogP contribution >= 0.6 is 15.9 Å². The summed E-state index contributed by atoms with van der Waals surface area (Å²) in [6, 6.07) is 2.24. The predicted molar refractivity (Wildman–Crippen MR) is 59.0 cm³/mol. The summed E-state index contributed by atoms with van der Waals surface area (Å²) in [4.78, 5) is 11.7. The van der Waals surface area contributed by atoms with Crippen molar-refractivity contribution in [2.24, 2.45) is 0 Å². The quantitative estimate of drug-likeness (QED) is 0.665. The lowest BCUT2D eigenvalue weighted by Gasteiger charge is -2.37. The van der Waals surface area contributed by atoms with Crippen molar-refractivity contribution >= 4 is 27.3 Å². The number of nitrogens with zero attached hydrogens (tertiary/aromatic N) is 2. The number of benzene rings is 1. The van der Waals surface area contributed by atoms with E-state index in [9.17, 15) is 14.5 Å². The van der Waals surface area contributed by atoms with Gasteiger partial charge in [-0.25, -0.2) is 4.39 Å². The molecule has 1 heterocycles. The van der Waals surface area contributed by atoms with E-state index in [2.05, 4.69) is 15.9 Å². The number of β-amino-alcohol motifs (C(OH)–C–C–N with tert-alkyl or cyclic N) is 1. The Hall–Kier alpha value is -1.21. The van der Waals surface area contributed by atoms with Gasteiger partial charge in [-0.1, -0.05) is 0 Å². The van der Waals surface area contributed by atoms with Crippen molar-refractivity contribution in [2.45, 2.75) is 6.10 Å². The summed E-state index contributed by atoms with van der Waals surface area (Å²) >= 11 is 2.98. The first-order chi connectivity index (χ1) is 7.49. The average molecular weight is 291 g/mol. The van der Waals surface area contributed by atoms with E-state index in [-0.39, 0.29) is 10.2 Å². The van der Waals surface area contributed by atoms with Crippen molar-refractivity contribution in [3.05, 3.63) is 32.5 Å². The number of aliphatic hydroxyl groups excluding tert-OH is 1. The summed E-state index contributed by atoms with van der Waals surface area (Å²) in [5.41, 5.74) is 0.0381. The van der Waals surface area contributed by atoms with Gasteiger partial charge in [0.05, 0.1) is 21.6 Å². The summed E-state index contributed by atoms with van der Waals surface area (Å²) < 4.78 is 13.3. The Morgan fingerprint density at radius 1 is 1.56 bits per heavy atom. The standard InChI is InChI=1S/C9H8BrFN2O3/c10-6-1-8(12-3-5(14)4-12)9(13(15)16)2-7(6)11/h1-2,5,14H,3-4H2. The van der Waals surface area contributed by atoms with Crippen molar-refractivity contribution in [1.29, 1.82) is 0 Å². The zero-order valence-electron chi connectivity index (χ0n) is 8.06. The molecule has 0 spiro atoms. The highest BCUT2D eigenvalue weighted by molar-refractivity contribution is 9.10. The fourth-order valence-corrected chi connectivity index (χ4v) is 1.91. The van der Waals surface area contributed by atoms with E-state index in [1.807, 2.05) is 0 Å². The molecule has 1 aromatic carbocycles. The van der Waals surface area contributed by atoms with Gasteiger partial charge in [0.1, 0.15) is 11.5 Å². The first kappa shape index (κ1) is 11.3. The topological polar surface area (TPSA) is 66.6 Å². The second-order valence-corrected chi connectivity index (χ2v) is 4.43. The summed E-state index contributed by atoms with van der Waals surface area (Å²) in [7, 11) is 0. The van der Waals surface area contributed by atoms with Crippen molar-refractivity contribution in [3.8, 4) is 0 Å². The summed E-state index contributed by atoms with van der Waals surface area (Å²) in [6.07, 6.45) is -0.469. The van der Waals surface area contributed by atoms with Gasteiger partial charge >= 0.3 is 0 Å². The minimum absolute atomic E-state index is 0.175. The second-order valence-electron chi connectivity index (χ2n) is 3.57. The zero-order valence-corrected chi connectivity index (χ0v) is 9.65. The van der Waals surface area contributed by atoms with Crippen LogP contribution in [0.15, 0.2) is 16.6 Å². The molecule has 0 bridgehead atoms. The van der Waals surface area contributed by atoms with Gasteiger partial charge in [0.15, 0.2) is 0 Å². The van der Waals surface area contributed by atoms with Crippen LogP contribution in [0.5, 0.6) is 0 Å². The van der Waals surface area contributed by atoms with Crippen LogP contribution in [0.3, 0.4) is 0 Å².